The van der Waals surface area contributed by atoms with Gasteiger partial charge in [-0.25, -0.2) is 4.68 Å². The fourth-order valence-corrected chi connectivity index (χ4v) is 1.90. The van der Waals surface area contributed by atoms with E-state index in [1.54, 1.807) is 6.92 Å². The molecule has 100 valence electrons. The van der Waals surface area contributed by atoms with E-state index in [0.717, 1.165) is 22.8 Å². The van der Waals surface area contributed by atoms with Crippen LogP contribution in [0.3, 0.4) is 0 Å². The maximum atomic E-state index is 10.8. The van der Waals surface area contributed by atoms with Crippen LogP contribution in [0.4, 0.5) is 5.69 Å². The van der Waals surface area contributed by atoms with Gasteiger partial charge in [0, 0.05) is 11.4 Å². The van der Waals surface area contributed by atoms with Gasteiger partial charge in [0.15, 0.2) is 0 Å². The summed E-state index contributed by atoms with van der Waals surface area (Å²) in [5.41, 5.74) is 3.77. The molecular weight excluding hydrogens is 242 g/mol. The smallest absolute Gasteiger partial charge is 0.325 e. The third kappa shape index (κ3) is 2.93. The van der Waals surface area contributed by atoms with Crippen LogP contribution in [-0.2, 0) is 4.79 Å². The highest BCUT2D eigenvalue weighted by Gasteiger charge is 2.10. The zero-order chi connectivity index (χ0) is 14.0. The Morgan fingerprint density at radius 1 is 1.32 bits per heavy atom. The van der Waals surface area contributed by atoms with Gasteiger partial charge in [0.25, 0.3) is 0 Å². The predicted octanol–water partition coefficient (Wildman–Crippen LogP) is 2.37. The highest BCUT2D eigenvalue weighted by Crippen LogP contribution is 2.16. The number of aliphatic carboxylic acids is 1. The number of aromatic nitrogens is 2. The number of anilines is 1. The summed E-state index contributed by atoms with van der Waals surface area (Å²) in [5, 5.41) is 16.2. The third-order valence-electron chi connectivity index (χ3n) is 2.88. The van der Waals surface area contributed by atoms with E-state index in [1.165, 1.54) is 0 Å². The minimum absolute atomic E-state index is 0.612. The van der Waals surface area contributed by atoms with Gasteiger partial charge in [0.1, 0.15) is 6.04 Å². The molecule has 2 rings (SSSR count). The maximum absolute atomic E-state index is 10.8. The molecule has 0 fully saturated rings. The number of aryl methyl sites for hydroxylation is 2. The fraction of sp³-hybridized carbons (Fsp3) is 0.286. The van der Waals surface area contributed by atoms with Crippen molar-refractivity contribution in [3.8, 4) is 5.69 Å². The van der Waals surface area contributed by atoms with E-state index in [1.807, 2.05) is 48.9 Å². The summed E-state index contributed by atoms with van der Waals surface area (Å²) in [5.74, 6) is -0.873. The van der Waals surface area contributed by atoms with E-state index in [4.69, 9.17) is 5.11 Å². The molecule has 0 radical (unpaired) electrons. The van der Waals surface area contributed by atoms with Crippen molar-refractivity contribution in [3.63, 3.8) is 0 Å². The first-order valence-electron chi connectivity index (χ1n) is 6.10. The van der Waals surface area contributed by atoms with Crippen molar-refractivity contribution < 1.29 is 9.90 Å². The number of carboxylic acids is 1. The number of benzene rings is 1. The van der Waals surface area contributed by atoms with Crippen LogP contribution in [-0.4, -0.2) is 26.9 Å². The van der Waals surface area contributed by atoms with Crippen molar-refractivity contribution in [1.82, 2.24) is 9.78 Å². The van der Waals surface area contributed by atoms with E-state index in [-0.39, 0.29) is 0 Å². The lowest BCUT2D eigenvalue weighted by Crippen LogP contribution is -2.25. The Balaban J connectivity index is 2.19. The molecule has 1 aromatic heterocycles. The van der Waals surface area contributed by atoms with E-state index in [9.17, 15) is 4.79 Å². The summed E-state index contributed by atoms with van der Waals surface area (Å²) in [6, 6.07) is 8.93. The molecule has 0 amide bonds. The highest BCUT2D eigenvalue weighted by molar-refractivity contribution is 5.76. The highest BCUT2D eigenvalue weighted by atomic mass is 16.4. The minimum Gasteiger partial charge on any atom is -0.480 e. The van der Waals surface area contributed by atoms with Crippen LogP contribution in [0.15, 0.2) is 30.3 Å². The molecule has 0 aliphatic heterocycles. The van der Waals surface area contributed by atoms with Gasteiger partial charge in [-0.05, 0) is 51.1 Å². The molecular formula is C14H17N3O2. The molecule has 0 spiro atoms. The average molecular weight is 259 g/mol. The first-order chi connectivity index (χ1) is 8.97. The molecule has 0 saturated heterocycles. The first kappa shape index (κ1) is 13.1. The summed E-state index contributed by atoms with van der Waals surface area (Å²) < 4.78 is 1.86. The summed E-state index contributed by atoms with van der Waals surface area (Å²) in [7, 11) is 0. The van der Waals surface area contributed by atoms with Crippen molar-refractivity contribution in [2.75, 3.05) is 5.32 Å². The van der Waals surface area contributed by atoms with Gasteiger partial charge < -0.3 is 10.4 Å². The van der Waals surface area contributed by atoms with Crippen LogP contribution in [0.2, 0.25) is 0 Å². The number of carboxylic acid groups (broad SMARTS) is 1. The number of nitrogens with zero attached hydrogens (tertiary/aromatic N) is 2. The van der Waals surface area contributed by atoms with Gasteiger partial charge in [0.05, 0.1) is 11.4 Å². The lowest BCUT2D eigenvalue weighted by atomic mass is 10.2. The van der Waals surface area contributed by atoms with Gasteiger partial charge in [-0.3, -0.25) is 4.79 Å². The molecule has 1 heterocycles. The SMILES string of the molecule is Cc1cc(C)n(-c2ccc(NC(C)C(=O)O)cc2)n1. The predicted molar refractivity (Wildman–Crippen MR) is 73.8 cm³/mol. The van der Waals surface area contributed by atoms with Gasteiger partial charge >= 0.3 is 5.97 Å². The molecule has 19 heavy (non-hydrogen) atoms. The maximum Gasteiger partial charge on any atom is 0.325 e. The number of hydrogen-bond donors (Lipinski definition) is 2. The second-order valence-corrected chi connectivity index (χ2v) is 4.59. The molecule has 1 atom stereocenters. The Labute approximate surface area is 111 Å². The molecule has 1 unspecified atom stereocenters. The van der Waals surface area contributed by atoms with E-state index >= 15 is 0 Å². The fourth-order valence-electron chi connectivity index (χ4n) is 1.90. The van der Waals surface area contributed by atoms with Crippen LogP contribution < -0.4 is 5.32 Å². The number of rotatable bonds is 4. The summed E-state index contributed by atoms with van der Waals surface area (Å²) in [6.45, 7) is 5.56. The molecule has 0 aliphatic rings. The average Bonchev–Trinajstić information content (AvgIpc) is 2.69. The molecule has 0 bridgehead atoms. The monoisotopic (exact) mass is 259 g/mol. The molecule has 2 N–H and O–H groups in total. The minimum atomic E-state index is -0.873. The molecule has 0 saturated carbocycles. The van der Waals surface area contributed by atoms with E-state index in [0.29, 0.717) is 0 Å². The lowest BCUT2D eigenvalue weighted by Gasteiger charge is -2.11. The summed E-state index contributed by atoms with van der Waals surface area (Å²) in [6.07, 6.45) is 0. The zero-order valence-electron chi connectivity index (χ0n) is 11.2. The van der Waals surface area contributed by atoms with Crippen LogP contribution in [0, 0.1) is 13.8 Å². The van der Waals surface area contributed by atoms with Gasteiger partial charge in [0.2, 0.25) is 0 Å². The summed E-state index contributed by atoms with van der Waals surface area (Å²) in [4.78, 5) is 10.8. The van der Waals surface area contributed by atoms with Gasteiger partial charge in [-0.2, -0.15) is 5.10 Å². The third-order valence-corrected chi connectivity index (χ3v) is 2.88. The Kier molecular flexibility index (Phi) is 3.55. The Bertz CT molecular complexity index is 587. The van der Waals surface area contributed by atoms with Crippen LogP contribution in [0.25, 0.3) is 5.69 Å². The molecule has 5 heteroatoms. The quantitative estimate of drug-likeness (QED) is 0.884. The van der Waals surface area contributed by atoms with Gasteiger partial charge in [-0.1, -0.05) is 0 Å². The number of nitrogens with one attached hydrogen (secondary N) is 1. The first-order valence-corrected chi connectivity index (χ1v) is 6.10. The van der Waals surface area contributed by atoms with Crippen molar-refractivity contribution in [2.45, 2.75) is 26.8 Å². The van der Waals surface area contributed by atoms with E-state index in [2.05, 4.69) is 10.4 Å². The molecule has 2 aromatic rings. The Morgan fingerprint density at radius 2 is 1.95 bits per heavy atom. The van der Waals surface area contributed by atoms with Crippen molar-refractivity contribution in [2.24, 2.45) is 0 Å². The largest absolute Gasteiger partial charge is 0.480 e. The topological polar surface area (TPSA) is 67.2 Å². The second-order valence-electron chi connectivity index (χ2n) is 4.59. The normalized spacial score (nSPS) is 12.2. The molecule has 1 aromatic carbocycles. The van der Waals surface area contributed by atoms with Crippen molar-refractivity contribution >= 4 is 11.7 Å². The van der Waals surface area contributed by atoms with Crippen LogP contribution >= 0.6 is 0 Å². The Morgan fingerprint density at radius 3 is 2.42 bits per heavy atom. The Hall–Kier alpha value is -2.30. The summed E-state index contributed by atoms with van der Waals surface area (Å²) >= 11 is 0. The van der Waals surface area contributed by atoms with Crippen LogP contribution in [0.1, 0.15) is 18.3 Å². The van der Waals surface area contributed by atoms with Crippen LogP contribution in [0.5, 0.6) is 0 Å². The zero-order valence-corrected chi connectivity index (χ0v) is 11.2. The number of hydrogen-bond acceptors (Lipinski definition) is 3. The van der Waals surface area contributed by atoms with E-state index < -0.39 is 12.0 Å². The number of carbonyl (C=O) groups is 1. The lowest BCUT2D eigenvalue weighted by molar-refractivity contribution is -0.137. The molecule has 0 aliphatic carbocycles. The van der Waals surface area contributed by atoms with Crippen molar-refractivity contribution in [3.05, 3.63) is 41.7 Å². The van der Waals surface area contributed by atoms with Gasteiger partial charge in [-0.15, -0.1) is 0 Å². The standard InChI is InChI=1S/C14H17N3O2/c1-9-8-10(2)17(16-9)13-6-4-12(5-7-13)15-11(3)14(18)19/h4-8,11,15H,1-3H3,(H,18,19). The van der Waals surface area contributed by atoms with Crippen molar-refractivity contribution in [1.29, 1.82) is 0 Å². The second kappa shape index (κ2) is 5.14. The molecule has 5 nitrogen and oxygen atoms in total.